The van der Waals surface area contributed by atoms with Crippen molar-refractivity contribution in [2.24, 2.45) is 0 Å². The lowest BCUT2D eigenvalue weighted by molar-refractivity contribution is -0.141. The first kappa shape index (κ1) is 23.0. The molecule has 7 nitrogen and oxygen atoms in total. The predicted octanol–water partition coefficient (Wildman–Crippen LogP) is 3.33. The van der Waals surface area contributed by atoms with Crippen LogP contribution in [0.15, 0.2) is 36.5 Å². The van der Waals surface area contributed by atoms with Gasteiger partial charge in [0, 0.05) is 29.1 Å². The molecule has 3 rings (SSSR count). The highest BCUT2D eigenvalue weighted by atomic mass is 32.2. The first-order valence-electron chi connectivity index (χ1n) is 9.41. The maximum absolute atomic E-state index is 12.9. The molecule has 0 radical (unpaired) electrons. The highest BCUT2D eigenvalue weighted by molar-refractivity contribution is 7.90. The number of anilines is 1. The molecule has 0 aliphatic rings. The van der Waals surface area contributed by atoms with Crippen molar-refractivity contribution in [1.29, 1.82) is 0 Å². The fraction of sp³-hybridized carbons (Fsp3) is 0.400. The summed E-state index contributed by atoms with van der Waals surface area (Å²) in [5.74, 6) is -0.0638. The van der Waals surface area contributed by atoms with Gasteiger partial charge >= 0.3 is 6.18 Å². The topological polar surface area (TPSA) is 97.1 Å². The summed E-state index contributed by atoms with van der Waals surface area (Å²) in [5.41, 5.74) is -0.456. The number of pyridine rings is 1. The summed E-state index contributed by atoms with van der Waals surface area (Å²) in [6, 6.07) is 7.07. The average molecular weight is 456 g/mol. The molecule has 0 aliphatic heterocycles. The standard InChI is InChI=1S/C20H23F3N4O3S/c1-19(2,28)15-10-16-13(12-27(26-16)7-8-31(3,29)30)9-17(15)24-11-14-5-4-6-18(25-14)20(21,22)23/h4-6,9-10,12,24,28H,7-8,11H2,1-3H3. The number of aliphatic hydroxyl groups is 1. The number of hydrogen-bond acceptors (Lipinski definition) is 6. The van der Waals surface area contributed by atoms with Gasteiger partial charge in [0.05, 0.1) is 35.7 Å². The number of halogens is 3. The second kappa shape index (κ2) is 8.12. The Bertz CT molecular complexity index is 1200. The number of nitrogens with zero attached hydrogens (tertiary/aromatic N) is 3. The fourth-order valence-corrected chi connectivity index (χ4v) is 3.59. The van der Waals surface area contributed by atoms with Crippen molar-refractivity contribution < 1.29 is 26.7 Å². The largest absolute Gasteiger partial charge is 0.433 e. The molecule has 0 bridgehead atoms. The Morgan fingerprint density at radius 2 is 1.90 bits per heavy atom. The van der Waals surface area contributed by atoms with Crippen molar-refractivity contribution in [2.75, 3.05) is 17.3 Å². The third-order valence-electron chi connectivity index (χ3n) is 4.60. The van der Waals surface area contributed by atoms with Crippen LogP contribution in [0.4, 0.5) is 18.9 Å². The molecule has 1 aromatic carbocycles. The second-order valence-corrected chi connectivity index (χ2v) is 10.2. The van der Waals surface area contributed by atoms with Gasteiger partial charge in [0.2, 0.25) is 0 Å². The van der Waals surface area contributed by atoms with Crippen molar-refractivity contribution in [3.8, 4) is 0 Å². The van der Waals surface area contributed by atoms with E-state index in [9.17, 15) is 26.7 Å². The minimum atomic E-state index is -4.53. The van der Waals surface area contributed by atoms with Gasteiger partial charge in [0.25, 0.3) is 0 Å². The fourth-order valence-electron chi connectivity index (χ4n) is 3.07. The third-order valence-corrected chi connectivity index (χ3v) is 5.52. The van der Waals surface area contributed by atoms with E-state index < -0.39 is 27.3 Å². The van der Waals surface area contributed by atoms with E-state index in [0.29, 0.717) is 22.2 Å². The summed E-state index contributed by atoms with van der Waals surface area (Å²) < 4.78 is 63.0. The summed E-state index contributed by atoms with van der Waals surface area (Å²) in [5, 5.41) is 18.7. The number of sulfone groups is 1. The van der Waals surface area contributed by atoms with Crippen LogP contribution in [-0.2, 0) is 34.7 Å². The molecule has 0 unspecified atom stereocenters. The van der Waals surface area contributed by atoms with E-state index in [-0.39, 0.29) is 24.5 Å². The van der Waals surface area contributed by atoms with E-state index in [2.05, 4.69) is 15.4 Å². The molecule has 31 heavy (non-hydrogen) atoms. The Morgan fingerprint density at radius 1 is 1.19 bits per heavy atom. The molecule has 11 heteroatoms. The molecule has 0 saturated heterocycles. The number of alkyl halides is 3. The summed E-state index contributed by atoms with van der Waals surface area (Å²) in [7, 11) is -3.15. The Balaban J connectivity index is 1.91. The van der Waals surface area contributed by atoms with Crippen molar-refractivity contribution in [1.82, 2.24) is 14.8 Å². The Hall–Kier alpha value is -2.66. The van der Waals surface area contributed by atoms with Crippen LogP contribution in [0.25, 0.3) is 10.9 Å². The zero-order valence-corrected chi connectivity index (χ0v) is 18.0. The van der Waals surface area contributed by atoms with E-state index in [1.54, 1.807) is 32.2 Å². The lowest BCUT2D eigenvalue weighted by Crippen LogP contribution is -2.18. The minimum Gasteiger partial charge on any atom is -0.386 e. The molecule has 2 aromatic heterocycles. The van der Waals surface area contributed by atoms with Crippen molar-refractivity contribution in [3.63, 3.8) is 0 Å². The van der Waals surface area contributed by atoms with Gasteiger partial charge in [-0.3, -0.25) is 4.68 Å². The summed E-state index contributed by atoms with van der Waals surface area (Å²) in [6.45, 7) is 3.37. The molecule has 0 amide bonds. The quantitative estimate of drug-likeness (QED) is 0.566. The number of aryl methyl sites for hydroxylation is 1. The van der Waals surface area contributed by atoms with E-state index in [4.69, 9.17) is 0 Å². The van der Waals surface area contributed by atoms with Crippen LogP contribution in [0.5, 0.6) is 0 Å². The van der Waals surface area contributed by atoms with Gasteiger partial charge in [-0.15, -0.1) is 0 Å². The Morgan fingerprint density at radius 3 is 2.52 bits per heavy atom. The first-order chi connectivity index (χ1) is 14.2. The van der Waals surface area contributed by atoms with Crippen molar-refractivity contribution >= 4 is 26.4 Å². The van der Waals surface area contributed by atoms with E-state index in [0.717, 1.165) is 12.3 Å². The molecular weight excluding hydrogens is 433 g/mol. The maximum Gasteiger partial charge on any atom is 0.433 e. The van der Waals surface area contributed by atoms with E-state index in [1.807, 2.05) is 0 Å². The molecule has 0 saturated carbocycles. The van der Waals surface area contributed by atoms with Gasteiger partial charge in [-0.1, -0.05) is 6.07 Å². The molecule has 0 fully saturated rings. The number of benzene rings is 1. The lowest BCUT2D eigenvalue weighted by atomic mass is 9.95. The van der Waals surface area contributed by atoms with E-state index in [1.165, 1.54) is 16.8 Å². The monoisotopic (exact) mass is 456 g/mol. The lowest BCUT2D eigenvalue weighted by Gasteiger charge is -2.22. The Labute approximate surface area is 177 Å². The molecule has 168 valence electrons. The van der Waals surface area contributed by atoms with Gasteiger partial charge in [0.1, 0.15) is 15.5 Å². The smallest absolute Gasteiger partial charge is 0.386 e. The first-order valence-corrected chi connectivity index (χ1v) is 11.5. The van der Waals surface area contributed by atoms with Crippen LogP contribution in [0.3, 0.4) is 0 Å². The zero-order chi connectivity index (χ0) is 23.0. The molecule has 0 aliphatic carbocycles. The van der Waals surface area contributed by atoms with Crippen LogP contribution in [0.1, 0.15) is 30.8 Å². The van der Waals surface area contributed by atoms with Crippen LogP contribution < -0.4 is 5.32 Å². The average Bonchev–Trinajstić information content (AvgIpc) is 3.04. The van der Waals surface area contributed by atoms with Crippen molar-refractivity contribution in [3.05, 3.63) is 53.5 Å². The van der Waals surface area contributed by atoms with Crippen LogP contribution >= 0.6 is 0 Å². The Kier molecular flexibility index (Phi) is 6.03. The summed E-state index contributed by atoms with van der Waals surface area (Å²) in [6.07, 6.45) is -1.71. The third kappa shape index (κ3) is 5.95. The normalized spacial score (nSPS) is 13.0. The van der Waals surface area contributed by atoms with Crippen molar-refractivity contribution in [2.45, 2.75) is 38.7 Å². The predicted molar refractivity (Wildman–Crippen MR) is 111 cm³/mol. The van der Waals surface area contributed by atoms with Crippen LogP contribution in [0, 0.1) is 0 Å². The SMILES string of the molecule is CC(C)(O)c1cc2nn(CCS(C)(=O)=O)cc2cc1NCc1cccc(C(F)(F)F)n1. The molecule has 0 atom stereocenters. The zero-order valence-electron chi connectivity index (χ0n) is 17.2. The van der Waals surface area contributed by atoms with Gasteiger partial charge < -0.3 is 10.4 Å². The second-order valence-electron chi connectivity index (χ2n) is 7.90. The molecule has 0 spiro atoms. The highest BCUT2D eigenvalue weighted by Crippen LogP contribution is 2.32. The summed E-state index contributed by atoms with van der Waals surface area (Å²) in [4.78, 5) is 3.64. The highest BCUT2D eigenvalue weighted by Gasteiger charge is 2.32. The number of aromatic nitrogens is 3. The maximum atomic E-state index is 12.9. The summed E-state index contributed by atoms with van der Waals surface area (Å²) >= 11 is 0. The van der Waals surface area contributed by atoms with Gasteiger partial charge in [-0.25, -0.2) is 13.4 Å². The molecule has 3 aromatic rings. The minimum absolute atomic E-state index is 0.0146. The van der Waals surface area contributed by atoms with Gasteiger partial charge in [-0.2, -0.15) is 18.3 Å². The van der Waals surface area contributed by atoms with Crippen LogP contribution in [0.2, 0.25) is 0 Å². The molecule has 2 heterocycles. The van der Waals surface area contributed by atoms with E-state index >= 15 is 0 Å². The van der Waals surface area contributed by atoms with Crippen LogP contribution in [-0.4, -0.2) is 40.3 Å². The van der Waals surface area contributed by atoms with Gasteiger partial charge in [0.15, 0.2) is 0 Å². The molecular formula is C20H23F3N4O3S. The number of hydrogen-bond donors (Lipinski definition) is 2. The number of rotatable bonds is 7. The number of nitrogens with one attached hydrogen (secondary N) is 1. The molecule has 2 N–H and O–H groups in total. The van der Waals surface area contributed by atoms with Gasteiger partial charge in [-0.05, 0) is 38.1 Å². The number of fused-ring (bicyclic) bond motifs is 1.